The second kappa shape index (κ2) is 3.75. The van der Waals surface area contributed by atoms with Crippen molar-refractivity contribution in [3.05, 3.63) is 34.3 Å². The monoisotopic (exact) mass is 235 g/mol. The highest BCUT2D eigenvalue weighted by molar-refractivity contribution is 6.30. The average Bonchev–Trinajstić information content (AvgIpc) is 2.86. The van der Waals surface area contributed by atoms with Gasteiger partial charge in [-0.15, -0.1) is 0 Å². The Hall–Kier alpha value is -0.530. The zero-order chi connectivity index (χ0) is 11.2. The van der Waals surface area contributed by atoms with Crippen LogP contribution in [-0.4, -0.2) is 7.05 Å². The lowest BCUT2D eigenvalue weighted by Crippen LogP contribution is -2.20. The predicted octanol–water partition coefficient (Wildman–Crippen LogP) is 3.82. The van der Waals surface area contributed by atoms with Crippen LogP contribution >= 0.6 is 11.6 Å². The zero-order valence-corrected chi connectivity index (χ0v) is 10.5. The Morgan fingerprint density at radius 2 is 2.06 bits per heavy atom. The summed E-state index contributed by atoms with van der Waals surface area (Å²) in [6.07, 6.45) is 6.71. The van der Waals surface area contributed by atoms with E-state index in [-0.39, 0.29) is 0 Å². The van der Waals surface area contributed by atoms with Crippen molar-refractivity contribution in [2.75, 3.05) is 7.05 Å². The lowest BCUT2D eigenvalue weighted by molar-refractivity contribution is 0.390. The molecule has 1 aromatic carbocycles. The molecule has 1 spiro atoms. The van der Waals surface area contributed by atoms with Gasteiger partial charge in [0.05, 0.1) is 0 Å². The number of benzene rings is 1. The highest BCUT2D eigenvalue weighted by Gasteiger charge is 2.44. The van der Waals surface area contributed by atoms with Crippen molar-refractivity contribution in [3.8, 4) is 0 Å². The summed E-state index contributed by atoms with van der Waals surface area (Å²) in [7, 11) is 2.07. The largest absolute Gasteiger partial charge is 0.313 e. The Bertz CT molecular complexity index is 407. The Morgan fingerprint density at radius 1 is 1.31 bits per heavy atom. The van der Waals surface area contributed by atoms with Gasteiger partial charge in [-0.1, -0.05) is 30.5 Å². The molecule has 16 heavy (non-hydrogen) atoms. The first-order valence-electron chi connectivity index (χ1n) is 6.22. The second-order valence-electron chi connectivity index (χ2n) is 5.26. The second-order valence-corrected chi connectivity index (χ2v) is 5.70. The van der Waals surface area contributed by atoms with Crippen molar-refractivity contribution in [2.24, 2.45) is 0 Å². The standard InChI is InChI=1S/C14H18ClN/c1-16-13-9-14(6-2-3-7-14)12-8-10(15)4-5-11(12)13/h4-5,8,13,16H,2-3,6-7,9H2,1H3. The van der Waals surface area contributed by atoms with Crippen LogP contribution in [0, 0.1) is 0 Å². The summed E-state index contributed by atoms with van der Waals surface area (Å²) in [4.78, 5) is 0. The molecule has 0 radical (unpaired) electrons. The molecule has 2 aliphatic carbocycles. The van der Waals surface area contributed by atoms with Gasteiger partial charge in [0.15, 0.2) is 0 Å². The maximum absolute atomic E-state index is 6.16. The molecule has 0 aromatic heterocycles. The topological polar surface area (TPSA) is 12.0 Å². The van der Waals surface area contributed by atoms with Gasteiger partial charge in [0.25, 0.3) is 0 Å². The van der Waals surface area contributed by atoms with E-state index in [4.69, 9.17) is 11.6 Å². The van der Waals surface area contributed by atoms with Gasteiger partial charge in [0.1, 0.15) is 0 Å². The van der Waals surface area contributed by atoms with Gasteiger partial charge >= 0.3 is 0 Å². The first-order chi connectivity index (χ1) is 7.75. The fraction of sp³-hybridized carbons (Fsp3) is 0.571. The first-order valence-corrected chi connectivity index (χ1v) is 6.60. The summed E-state index contributed by atoms with van der Waals surface area (Å²) in [5, 5.41) is 4.34. The fourth-order valence-corrected chi connectivity index (χ4v) is 3.86. The van der Waals surface area contributed by atoms with Crippen LogP contribution in [0.2, 0.25) is 5.02 Å². The molecule has 0 saturated heterocycles. The van der Waals surface area contributed by atoms with E-state index in [0.29, 0.717) is 11.5 Å². The number of hydrogen-bond donors (Lipinski definition) is 1. The molecular formula is C14H18ClN. The van der Waals surface area contributed by atoms with Crippen LogP contribution < -0.4 is 5.32 Å². The number of hydrogen-bond acceptors (Lipinski definition) is 1. The minimum Gasteiger partial charge on any atom is -0.313 e. The smallest absolute Gasteiger partial charge is 0.0409 e. The molecule has 2 aliphatic rings. The van der Waals surface area contributed by atoms with Crippen LogP contribution in [0.1, 0.15) is 49.3 Å². The molecule has 1 fully saturated rings. The van der Waals surface area contributed by atoms with Crippen LogP contribution in [0.25, 0.3) is 0 Å². The number of rotatable bonds is 1. The predicted molar refractivity (Wildman–Crippen MR) is 68.0 cm³/mol. The van der Waals surface area contributed by atoms with Crippen molar-refractivity contribution in [1.29, 1.82) is 0 Å². The molecule has 0 amide bonds. The molecule has 0 bridgehead atoms. The lowest BCUT2D eigenvalue weighted by Gasteiger charge is -2.24. The Labute approximate surface area is 102 Å². The molecule has 1 N–H and O–H groups in total. The quantitative estimate of drug-likeness (QED) is 0.781. The number of fused-ring (bicyclic) bond motifs is 2. The number of nitrogens with one attached hydrogen (secondary N) is 1. The maximum Gasteiger partial charge on any atom is 0.0409 e. The van der Waals surface area contributed by atoms with E-state index in [1.54, 1.807) is 0 Å². The summed E-state index contributed by atoms with van der Waals surface area (Å²) >= 11 is 6.16. The summed E-state index contributed by atoms with van der Waals surface area (Å²) in [5.41, 5.74) is 3.44. The molecule has 1 saturated carbocycles. The van der Waals surface area contributed by atoms with Gasteiger partial charge in [0, 0.05) is 11.1 Å². The van der Waals surface area contributed by atoms with E-state index < -0.39 is 0 Å². The molecule has 2 heteroatoms. The summed E-state index contributed by atoms with van der Waals surface area (Å²) in [5.74, 6) is 0. The van der Waals surface area contributed by atoms with E-state index in [0.717, 1.165) is 5.02 Å². The SMILES string of the molecule is CNC1CC2(CCCC2)c2cc(Cl)ccc21. The van der Waals surface area contributed by atoms with E-state index in [1.807, 2.05) is 6.07 Å². The highest BCUT2D eigenvalue weighted by Crippen LogP contribution is 2.54. The van der Waals surface area contributed by atoms with Crippen molar-refractivity contribution in [1.82, 2.24) is 5.32 Å². The minimum absolute atomic E-state index is 0.438. The van der Waals surface area contributed by atoms with Crippen molar-refractivity contribution in [2.45, 2.75) is 43.6 Å². The molecule has 86 valence electrons. The van der Waals surface area contributed by atoms with Gasteiger partial charge in [-0.05, 0) is 55.0 Å². The molecule has 0 heterocycles. The summed E-state index contributed by atoms with van der Waals surface area (Å²) < 4.78 is 0. The van der Waals surface area contributed by atoms with E-state index >= 15 is 0 Å². The van der Waals surface area contributed by atoms with Crippen molar-refractivity contribution >= 4 is 11.6 Å². The normalized spacial score (nSPS) is 26.2. The van der Waals surface area contributed by atoms with Gasteiger partial charge in [-0.25, -0.2) is 0 Å². The summed E-state index contributed by atoms with van der Waals surface area (Å²) in [6.45, 7) is 0. The van der Waals surface area contributed by atoms with Crippen LogP contribution in [0.4, 0.5) is 0 Å². The van der Waals surface area contributed by atoms with Gasteiger partial charge in [-0.2, -0.15) is 0 Å². The fourth-order valence-electron chi connectivity index (χ4n) is 3.69. The highest BCUT2D eigenvalue weighted by atomic mass is 35.5. The van der Waals surface area contributed by atoms with Crippen molar-refractivity contribution in [3.63, 3.8) is 0 Å². The summed E-state index contributed by atoms with van der Waals surface area (Å²) in [6, 6.07) is 6.98. The molecule has 1 unspecified atom stereocenters. The van der Waals surface area contributed by atoms with Gasteiger partial charge in [0.2, 0.25) is 0 Å². The van der Waals surface area contributed by atoms with Crippen LogP contribution in [-0.2, 0) is 5.41 Å². The van der Waals surface area contributed by atoms with Gasteiger partial charge < -0.3 is 5.32 Å². The third-order valence-corrected chi connectivity index (χ3v) is 4.70. The molecule has 0 aliphatic heterocycles. The van der Waals surface area contributed by atoms with E-state index in [9.17, 15) is 0 Å². The average molecular weight is 236 g/mol. The molecule has 1 atom stereocenters. The molecule has 1 aromatic rings. The maximum atomic E-state index is 6.16. The molecular weight excluding hydrogens is 218 g/mol. The third-order valence-electron chi connectivity index (χ3n) is 4.47. The third kappa shape index (κ3) is 1.42. The first kappa shape index (κ1) is 10.6. The zero-order valence-electron chi connectivity index (χ0n) is 9.72. The van der Waals surface area contributed by atoms with Crippen LogP contribution in [0.5, 0.6) is 0 Å². The van der Waals surface area contributed by atoms with Crippen molar-refractivity contribution < 1.29 is 0 Å². The Morgan fingerprint density at radius 3 is 2.75 bits per heavy atom. The van der Waals surface area contributed by atoms with Gasteiger partial charge in [-0.3, -0.25) is 0 Å². The lowest BCUT2D eigenvalue weighted by atomic mass is 9.80. The van der Waals surface area contributed by atoms with E-state index in [2.05, 4.69) is 24.5 Å². The molecule has 1 nitrogen and oxygen atoms in total. The molecule has 3 rings (SSSR count). The Balaban J connectivity index is 2.11. The van der Waals surface area contributed by atoms with Crippen LogP contribution in [0.3, 0.4) is 0 Å². The Kier molecular flexibility index (Phi) is 2.49. The van der Waals surface area contributed by atoms with Crippen LogP contribution in [0.15, 0.2) is 18.2 Å². The minimum atomic E-state index is 0.438. The number of halogens is 1. The van der Waals surface area contributed by atoms with E-state index in [1.165, 1.54) is 43.2 Å².